The van der Waals surface area contributed by atoms with Crippen molar-refractivity contribution in [3.8, 4) is 11.3 Å². The Bertz CT molecular complexity index is 938. The summed E-state index contributed by atoms with van der Waals surface area (Å²) in [5.74, 6) is 0.522. The van der Waals surface area contributed by atoms with Gasteiger partial charge in [-0.05, 0) is 30.9 Å². The number of pyridine rings is 1. The third kappa shape index (κ3) is 1.97. The fourth-order valence-corrected chi connectivity index (χ4v) is 3.33. The number of nitrogens with zero attached hydrogens (tertiary/aromatic N) is 3. The molecule has 1 aromatic carbocycles. The molecule has 3 nitrogen and oxygen atoms in total. The number of fused-ring (bicyclic) bond motifs is 4. The van der Waals surface area contributed by atoms with Crippen molar-refractivity contribution in [2.24, 2.45) is 7.05 Å². The summed E-state index contributed by atoms with van der Waals surface area (Å²) < 4.78 is 42.9. The van der Waals surface area contributed by atoms with Gasteiger partial charge < -0.3 is 4.57 Å². The molecule has 118 valence electrons. The maximum atomic E-state index is 13.7. The number of hydrogen-bond donors (Lipinski definition) is 0. The van der Waals surface area contributed by atoms with Crippen LogP contribution in [0.25, 0.3) is 22.4 Å². The molecule has 23 heavy (non-hydrogen) atoms. The molecule has 1 aliphatic carbocycles. The van der Waals surface area contributed by atoms with E-state index < -0.39 is 11.7 Å². The zero-order valence-electron chi connectivity index (χ0n) is 12.7. The SMILES string of the molecule is Cc1nc2c(C(F)(F)F)c3c(nc2n1C)-c1ccccc1CC3. The highest BCUT2D eigenvalue weighted by Crippen LogP contribution is 2.43. The minimum atomic E-state index is -4.45. The van der Waals surface area contributed by atoms with E-state index in [0.717, 1.165) is 11.1 Å². The molecule has 0 fully saturated rings. The average Bonchev–Trinajstić information content (AvgIpc) is 2.78. The van der Waals surface area contributed by atoms with Crippen LogP contribution < -0.4 is 0 Å². The van der Waals surface area contributed by atoms with Gasteiger partial charge in [-0.2, -0.15) is 13.2 Å². The lowest BCUT2D eigenvalue weighted by molar-refractivity contribution is -0.137. The van der Waals surface area contributed by atoms with Crippen molar-refractivity contribution in [1.82, 2.24) is 14.5 Å². The summed E-state index contributed by atoms with van der Waals surface area (Å²) in [6.45, 7) is 1.69. The Labute approximate surface area is 130 Å². The summed E-state index contributed by atoms with van der Waals surface area (Å²) in [5.41, 5.74) is 2.15. The summed E-state index contributed by atoms with van der Waals surface area (Å²) in [6, 6.07) is 7.53. The maximum Gasteiger partial charge on any atom is 0.418 e. The van der Waals surface area contributed by atoms with Crippen LogP contribution in [0.5, 0.6) is 0 Å². The molecule has 2 aromatic heterocycles. The standard InChI is InChI=1S/C17H14F3N3/c1-9-21-15-13(17(18,19)20)12-8-7-10-5-3-4-6-11(10)14(12)22-16(15)23(9)2/h3-6H,7-8H2,1-2H3. The van der Waals surface area contributed by atoms with Gasteiger partial charge in [0.25, 0.3) is 0 Å². The molecule has 0 atom stereocenters. The van der Waals surface area contributed by atoms with Crippen LogP contribution in [0.4, 0.5) is 13.2 Å². The van der Waals surface area contributed by atoms with E-state index in [-0.39, 0.29) is 16.7 Å². The quantitative estimate of drug-likeness (QED) is 0.626. The molecule has 0 saturated carbocycles. The van der Waals surface area contributed by atoms with Crippen LogP contribution in [-0.4, -0.2) is 14.5 Å². The van der Waals surface area contributed by atoms with Crippen LogP contribution in [0.1, 0.15) is 22.5 Å². The molecule has 3 aromatic rings. The minimum Gasteiger partial charge on any atom is -0.316 e. The van der Waals surface area contributed by atoms with Gasteiger partial charge in [0.1, 0.15) is 11.3 Å². The molecule has 2 heterocycles. The lowest BCUT2D eigenvalue weighted by atomic mass is 9.86. The van der Waals surface area contributed by atoms with Crippen molar-refractivity contribution in [3.63, 3.8) is 0 Å². The minimum absolute atomic E-state index is 0.0457. The van der Waals surface area contributed by atoms with Crippen molar-refractivity contribution in [3.05, 3.63) is 46.8 Å². The van der Waals surface area contributed by atoms with Crippen LogP contribution in [0, 0.1) is 6.92 Å². The van der Waals surface area contributed by atoms with Gasteiger partial charge in [-0.1, -0.05) is 24.3 Å². The molecule has 0 N–H and O–H groups in total. The fourth-order valence-electron chi connectivity index (χ4n) is 3.33. The number of imidazole rings is 1. The summed E-state index contributed by atoms with van der Waals surface area (Å²) >= 11 is 0. The number of halogens is 3. The lowest BCUT2D eigenvalue weighted by Gasteiger charge is -2.23. The summed E-state index contributed by atoms with van der Waals surface area (Å²) in [6.07, 6.45) is -3.52. The average molecular weight is 317 g/mol. The third-order valence-electron chi connectivity index (χ3n) is 4.53. The Kier molecular flexibility index (Phi) is 2.83. The third-order valence-corrected chi connectivity index (χ3v) is 4.53. The van der Waals surface area contributed by atoms with Crippen molar-refractivity contribution < 1.29 is 13.2 Å². The second-order valence-electron chi connectivity index (χ2n) is 5.86. The van der Waals surface area contributed by atoms with Gasteiger partial charge in [0.15, 0.2) is 5.65 Å². The number of rotatable bonds is 0. The van der Waals surface area contributed by atoms with Crippen LogP contribution in [0.3, 0.4) is 0 Å². The Balaban J connectivity index is 2.17. The van der Waals surface area contributed by atoms with E-state index in [9.17, 15) is 13.2 Å². The van der Waals surface area contributed by atoms with Crippen molar-refractivity contribution in [2.45, 2.75) is 25.9 Å². The second kappa shape index (κ2) is 4.57. The first-order chi connectivity index (χ1) is 10.9. The van der Waals surface area contributed by atoms with E-state index in [1.807, 2.05) is 24.3 Å². The number of alkyl halides is 3. The first-order valence-electron chi connectivity index (χ1n) is 7.39. The molecule has 0 radical (unpaired) electrons. The topological polar surface area (TPSA) is 30.7 Å². The molecule has 6 heteroatoms. The highest BCUT2D eigenvalue weighted by Gasteiger charge is 2.40. The number of hydrogen-bond acceptors (Lipinski definition) is 2. The predicted octanol–water partition coefficient (Wildman–Crippen LogP) is 4.06. The largest absolute Gasteiger partial charge is 0.418 e. The Morgan fingerprint density at radius 2 is 1.83 bits per heavy atom. The second-order valence-corrected chi connectivity index (χ2v) is 5.86. The maximum absolute atomic E-state index is 13.7. The van der Waals surface area contributed by atoms with E-state index in [2.05, 4.69) is 9.97 Å². The summed E-state index contributed by atoms with van der Waals surface area (Å²) in [5, 5.41) is 0. The number of benzene rings is 1. The van der Waals surface area contributed by atoms with Crippen LogP contribution in [0.2, 0.25) is 0 Å². The zero-order valence-corrected chi connectivity index (χ0v) is 12.7. The highest BCUT2D eigenvalue weighted by molar-refractivity contribution is 5.85. The normalized spacial score (nSPS) is 14.0. The molecular formula is C17H14F3N3. The summed E-state index contributed by atoms with van der Waals surface area (Å²) in [4.78, 5) is 8.68. The molecular weight excluding hydrogens is 303 g/mol. The van der Waals surface area contributed by atoms with Crippen LogP contribution in [0.15, 0.2) is 24.3 Å². The van der Waals surface area contributed by atoms with Gasteiger partial charge in [0, 0.05) is 12.6 Å². The smallest absolute Gasteiger partial charge is 0.316 e. The van der Waals surface area contributed by atoms with Gasteiger partial charge in [-0.15, -0.1) is 0 Å². The zero-order chi connectivity index (χ0) is 16.4. The van der Waals surface area contributed by atoms with Gasteiger partial charge >= 0.3 is 6.18 Å². The molecule has 0 bridgehead atoms. The first kappa shape index (κ1) is 14.2. The Hall–Kier alpha value is -2.37. The van der Waals surface area contributed by atoms with Gasteiger partial charge in [-0.25, -0.2) is 9.97 Å². The molecule has 0 unspecified atom stereocenters. The van der Waals surface area contributed by atoms with E-state index in [1.165, 1.54) is 0 Å². The van der Waals surface area contributed by atoms with Crippen LogP contribution in [-0.2, 0) is 26.1 Å². The molecule has 0 spiro atoms. The first-order valence-corrected chi connectivity index (χ1v) is 7.39. The Morgan fingerprint density at radius 1 is 1.09 bits per heavy atom. The molecule has 0 saturated heterocycles. The van der Waals surface area contributed by atoms with Gasteiger partial charge in [0.05, 0.1) is 11.3 Å². The summed E-state index contributed by atoms with van der Waals surface area (Å²) in [7, 11) is 1.69. The molecule has 0 aliphatic heterocycles. The van der Waals surface area contributed by atoms with Gasteiger partial charge in [-0.3, -0.25) is 0 Å². The predicted molar refractivity (Wildman–Crippen MR) is 81.1 cm³/mol. The molecule has 0 amide bonds. The highest BCUT2D eigenvalue weighted by atomic mass is 19.4. The van der Waals surface area contributed by atoms with E-state index in [4.69, 9.17) is 0 Å². The van der Waals surface area contributed by atoms with Crippen molar-refractivity contribution in [1.29, 1.82) is 0 Å². The molecule has 4 rings (SSSR count). The van der Waals surface area contributed by atoms with Gasteiger partial charge in [0.2, 0.25) is 0 Å². The molecule has 1 aliphatic rings. The van der Waals surface area contributed by atoms with Crippen molar-refractivity contribution in [2.75, 3.05) is 0 Å². The van der Waals surface area contributed by atoms with E-state index >= 15 is 0 Å². The van der Waals surface area contributed by atoms with E-state index in [1.54, 1.807) is 18.5 Å². The van der Waals surface area contributed by atoms with Crippen molar-refractivity contribution >= 4 is 11.2 Å². The van der Waals surface area contributed by atoms with Crippen LogP contribution >= 0.6 is 0 Å². The monoisotopic (exact) mass is 317 g/mol. The Morgan fingerprint density at radius 3 is 2.57 bits per heavy atom. The number of aryl methyl sites for hydroxylation is 3. The lowest BCUT2D eigenvalue weighted by Crippen LogP contribution is -2.16. The number of aromatic nitrogens is 3. The fraction of sp³-hybridized carbons (Fsp3) is 0.294. The van der Waals surface area contributed by atoms with E-state index in [0.29, 0.717) is 24.4 Å².